The molecule has 1 aliphatic rings. The maximum absolute atomic E-state index is 13.7. The molecular weight excluding hydrogens is 287 g/mol. The SMILES string of the molecule is O=C(OCC1CCCCO1)c1ccc(-c2ccccc2F)o1. The summed E-state index contributed by atoms with van der Waals surface area (Å²) in [6.07, 6.45) is 2.99. The Morgan fingerprint density at radius 3 is 2.86 bits per heavy atom. The normalized spacial score (nSPS) is 18.1. The van der Waals surface area contributed by atoms with E-state index in [9.17, 15) is 9.18 Å². The van der Waals surface area contributed by atoms with E-state index in [0.29, 0.717) is 17.9 Å². The summed E-state index contributed by atoms with van der Waals surface area (Å²) in [4.78, 5) is 12.0. The third-order valence-corrected chi connectivity index (χ3v) is 3.62. The van der Waals surface area contributed by atoms with Gasteiger partial charge in [-0.3, -0.25) is 0 Å². The zero-order valence-electron chi connectivity index (χ0n) is 12.1. The van der Waals surface area contributed by atoms with Crippen LogP contribution in [0.5, 0.6) is 0 Å². The number of esters is 1. The van der Waals surface area contributed by atoms with Crippen LogP contribution in [0.4, 0.5) is 4.39 Å². The molecular formula is C17H17FO4. The van der Waals surface area contributed by atoms with Crippen molar-refractivity contribution in [1.82, 2.24) is 0 Å². The maximum Gasteiger partial charge on any atom is 0.374 e. The van der Waals surface area contributed by atoms with E-state index in [1.54, 1.807) is 24.3 Å². The third kappa shape index (κ3) is 3.36. The molecule has 116 valence electrons. The van der Waals surface area contributed by atoms with Gasteiger partial charge in [-0.05, 0) is 43.5 Å². The van der Waals surface area contributed by atoms with Crippen molar-refractivity contribution in [1.29, 1.82) is 0 Å². The van der Waals surface area contributed by atoms with Crippen LogP contribution in [0.1, 0.15) is 29.8 Å². The molecule has 1 saturated heterocycles. The van der Waals surface area contributed by atoms with E-state index >= 15 is 0 Å². The predicted octanol–water partition coefficient (Wildman–Crippen LogP) is 3.81. The molecule has 1 aromatic carbocycles. The summed E-state index contributed by atoms with van der Waals surface area (Å²) in [7, 11) is 0. The summed E-state index contributed by atoms with van der Waals surface area (Å²) in [5.41, 5.74) is 0.317. The lowest BCUT2D eigenvalue weighted by molar-refractivity contribution is -0.0310. The lowest BCUT2D eigenvalue weighted by Gasteiger charge is -2.21. The second kappa shape index (κ2) is 6.75. The van der Waals surface area contributed by atoms with Crippen molar-refractivity contribution in [3.8, 4) is 11.3 Å². The smallest absolute Gasteiger partial charge is 0.374 e. The first-order valence-corrected chi connectivity index (χ1v) is 7.37. The van der Waals surface area contributed by atoms with Crippen molar-refractivity contribution in [3.05, 3.63) is 48.0 Å². The summed E-state index contributed by atoms with van der Waals surface area (Å²) in [5.74, 6) is -0.586. The number of ether oxygens (including phenoxy) is 2. The van der Waals surface area contributed by atoms with Crippen molar-refractivity contribution in [2.45, 2.75) is 25.4 Å². The Morgan fingerprint density at radius 2 is 2.09 bits per heavy atom. The van der Waals surface area contributed by atoms with Crippen molar-refractivity contribution in [2.24, 2.45) is 0 Å². The quantitative estimate of drug-likeness (QED) is 0.806. The van der Waals surface area contributed by atoms with Gasteiger partial charge < -0.3 is 13.9 Å². The predicted molar refractivity (Wildman–Crippen MR) is 78.0 cm³/mol. The minimum Gasteiger partial charge on any atom is -0.457 e. The third-order valence-electron chi connectivity index (χ3n) is 3.62. The molecule has 0 aliphatic carbocycles. The Bertz CT molecular complexity index is 644. The van der Waals surface area contributed by atoms with Crippen molar-refractivity contribution in [3.63, 3.8) is 0 Å². The zero-order chi connectivity index (χ0) is 15.4. The molecule has 0 spiro atoms. The molecule has 22 heavy (non-hydrogen) atoms. The Kier molecular flexibility index (Phi) is 4.53. The molecule has 0 amide bonds. The fourth-order valence-corrected chi connectivity index (χ4v) is 2.43. The van der Waals surface area contributed by atoms with Crippen molar-refractivity contribution in [2.75, 3.05) is 13.2 Å². The molecule has 0 saturated carbocycles. The van der Waals surface area contributed by atoms with Gasteiger partial charge >= 0.3 is 5.97 Å². The van der Waals surface area contributed by atoms with Crippen LogP contribution in [0.3, 0.4) is 0 Å². The minimum absolute atomic E-state index is 0.0429. The molecule has 1 unspecified atom stereocenters. The number of carbonyl (C=O) groups is 1. The summed E-state index contributed by atoms with van der Waals surface area (Å²) in [6.45, 7) is 0.926. The molecule has 0 bridgehead atoms. The number of hydrogen-bond donors (Lipinski definition) is 0. The van der Waals surface area contributed by atoms with E-state index in [0.717, 1.165) is 19.3 Å². The standard InChI is InChI=1S/C17H17FO4/c18-14-7-2-1-6-13(14)15-8-9-16(22-15)17(19)21-11-12-5-3-4-10-20-12/h1-2,6-9,12H,3-5,10-11H2. The van der Waals surface area contributed by atoms with Gasteiger partial charge in [-0.2, -0.15) is 0 Å². The van der Waals surface area contributed by atoms with E-state index in [-0.39, 0.29) is 18.5 Å². The number of furan rings is 1. The summed E-state index contributed by atoms with van der Waals surface area (Å²) in [5, 5.41) is 0. The average Bonchev–Trinajstić information content (AvgIpc) is 3.04. The molecule has 2 aromatic rings. The minimum atomic E-state index is -0.559. The molecule has 1 fully saturated rings. The second-order valence-electron chi connectivity index (χ2n) is 5.23. The van der Waals surface area contributed by atoms with Gasteiger partial charge in [-0.1, -0.05) is 12.1 Å². The van der Waals surface area contributed by atoms with Gasteiger partial charge in [0.1, 0.15) is 18.2 Å². The van der Waals surface area contributed by atoms with E-state index in [4.69, 9.17) is 13.9 Å². The lowest BCUT2D eigenvalue weighted by atomic mass is 10.1. The van der Waals surface area contributed by atoms with Crippen LogP contribution >= 0.6 is 0 Å². The fraction of sp³-hybridized carbons (Fsp3) is 0.353. The van der Waals surface area contributed by atoms with E-state index in [1.165, 1.54) is 12.1 Å². The number of benzene rings is 1. The Labute approximate surface area is 127 Å². The number of hydrogen-bond acceptors (Lipinski definition) is 4. The van der Waals surface area contributed by atoms with Crippen LogP contribution in [0.15, 0.2) is 40.8 Å². The topological polar surface area (TPSA) is 48.7 Å². The van der Waals surface area contributed by atoms with Crippen LogP contribution in [0, 0.1) is 5.82 Å². The highest BCUT2D eigenvalue weighted by Crippen LogP contribution is 2.25. The highest BCUT2D eigenvalue weighted by Gasteiger charge is 2.19. The summed E-state index contributed by atoms with van der Waals surface area (Å²) < 4.78 is 29.8. The largest absolute Gasteiger partial charge is 0.457 e. The van der Waals surface area contributed by atoms with Gasteiger partial charge in [0.05, 0.1) is 11.7 Å². The monoisotopic (exact) mass is 304 g/mol. The van der Waals surface area contributed by atoms with Gasteiger partial charge in [-0.15, -0.1) is 0 Å². The van der Waals surface area contributed by atoms with Crippen molar-refractivity contribution >= 4 is 5.97 Å². The van der Waals surface area contributed by atoms with E-state index < -0.39 is 11.8 Å². The summed E-state index contributed by atoms with van der Waals surface area (Å²) in [6, 6.07) is 9.30. The highest BCUT2D eigenvalue weighted by molar-refractivity contribution is 5.87. The molecule has 2 heterocycles. The van der Waals surface area contributed by atoms with E-state index in [1.807, 2.05) is 0 Å². The van der Waals surface area contributed by atoms with Gasteiger partial charge in [0.2, 0.25) is 5.76 Å². The Balaban J connectivity index is 1.63. The van der Waals surface area contributed by atoms with Crippen LogP contribution in [-0.2, 0) is 9.47 Å². The van der Waals surface area contributed by atoms with Gasteiger partial charge in [-0.25, -0.2) is 9.18 Å². The number of carbonyl (C=O) groups excluding carboxylic acids is 1. The molecule has 4 nitrogen and oxygen atoms in total. The van der Waals surface area contributed by atoms with Crippen molar-refractivity contribution < 1.29 is 23.1 Å². The maximum atomic E-state index is 13.7. The highest BCUT2D eigenvalue weighted by atomic mass is 19.1. The molecule has 3 rings (SSSR count). The van der Waals surface area contributed by atoms with Crippen LogP contribution in [-0.4, -0.2) is 25.3 Å². The molecule has 1 aromatic heterocycles. The first-order chi connectivity index (χ1) is 10.7. The molecule has 0 radical (unpaired) electrons. The molecule has 5 heteroatoms. The zero-order valence-corrected chi connectivity index (χ0v) is 12.1. The van der Waals surface area contributed by atoms with Crippen LogP contribution in [0.25, 0.3) is 11.3 Å². The molecule has 1 aliphatic heterocycles. The average molecular weight is 304 g/mol. The summed E-state index contributed by atoms with van der Waals surface area (Å²) >= 11 is 0. The van der Waals surface area contributed by atoms with Crippen LogP contribution < -0.4 is 0 Å². The van der Waals surface area contributed by atoms with Crippen LogP contribution in [0.2, 0.25) is 0 Å². The number of halogens is 1. The fourth-order valence-electron chi connectivity index (χ4n) is 2.43. The Morgan fingerprint density at radius 1 is 1.23 bits per heavy atom. The first-order valence-electron chi connectivity index (χ1n) is 7.37. The van der Waals surface area contributed by atoms with E-state index in [2.05, 4.69) is 0 Å². The Hall–Kier alpha value is -2.14. The second-order valence-corrected chi connectivity index (χ2v) is 5.23. The van der Waals surface area contributed by atoms with Gasteiger partial charge in [0.15, 0.2) is 0 Å². The van der Waals surface area contributed by atoms with Gasteiger partial charge in [0, 0.05) is 6.61 Å². The van der Waals surface area contributed by atoms with Gasteiger partial charge in [0.25, 0.3) is 0 Å². The molecule has 1 atom stereocenters. The number of rotatable bonds is 4. The lowest BCUT2D eigenvalue weighted by Crippen LogP contribution is -2.25. The first kappa shape index (κ1) is 14.8. The molecule has 0 N–H and O–H groups in total.